The molecule has 1 saturated heterocycles. The van der Waals surface area contributed by atoms with Crippen LogP contribution in [0.3, 0.4) is 0 Å². The third-order valence-corrected chi connectivity index (χ3v) is 3.51. The minimum absolute atomic E-state index is 0.244. The summed E-state index contributed by atoms with van der Waals surface area (Å²) in [5, 5.41) is 9.18. The van der Waals surface area contributed by atoms with Gasteiger partial charge in [-0.25, -0.2) is 19.1 Å². The van der Waals surface area contributed by atoms with E-state index in [-0.39, 0.29) is 17.0 Å². The minimum Gasteiger partial charge on any atom is -0.505 e. The molecular formula is C17H14FN3O4. The van der Waals surface area contributed by atoms with Crippen LogP contribution in [0.5, 0.6) is 5.75 Å². The molecular weight excluding hydrogens is 329 g/mol. The molecule has 25 heavy (non-hydrogen) atoms. The van der Waals surface area contributed by atoms with Gasteiger partial charge in [-0.3, -0.25) is 4.79 Å². The second kappa shape index (κ2) is 6.23. The molecule has 1 aliphatic rings. The first kappa shape index (κ1) is 16.4. The van der Waals surface area contributed by atoms with E-state index >= 15 is 0 Å². The molecule has 2 heterocycles. The smallest absolute Gasteiger partial charge is 0.427 e. The van der Waals surface area contributed by atoms with Gasteiger partial charge in [0, 0.05) is 14.1 Å². The highest BCUT2D eigenvalue weighted by molar-refractivity contribution is 6.24. The van der Waals surface area contributed by atoms with E-state index in [4.69, 9.17) is 4.74 Å². The quantitative estimate of drug-likeness (QED) is 0.862. The molecule has 0 saturated carbocycles. The van der Waals surface area contributed by atoms with Crippen LogP contribution in [0.15, 0.2) is 42.3 Å². The molecule has 0 bridgehead atoms. The maximum atomic E-state index is 13.4. The van der Waals surface area contributed by atoms with E-state index in [2.05, 4.69) is 4.98 Å². The van der Waals surface area contributed by atoms with E-state index in [0.29, 0.717) is 5.82 Å². The Labute approximate surface area is 142 Å². The highest BCUT2D eigenvalue weighted by Crippen LogP contribution is 2.27. The molecule has 1 aromatic carbocycles. The topological polar surface area (TPSA) is 83.0 Å². The molecule has 2 amide bonds. The van der Waals surface area contributed by atoms with Crippen molar-refractivity contribution in [1.82, 2.24) is 4.98 Å². The number of pyridine rings is 1. The first-order chi connectivity index (χ1) is 11.9. The maximum absolute atomic E-state index is 13.4. The number of aromatic hydroxyl groups is 1. The largest absolute Gasteiger partial charge is 0.505 e. The molecule has 128 valence electrons. The van der Waals surface area contributed by atoms with E-state index in [1.54, 1.807) is 17.0 Å². The van der Waals surface area contributed by atoms with Crippen LogP contribution in [0.1, 0.15) is 5.56 Å². The number of hydrogen-bond donors (Lipinski definition) is 1. The fourth-order valence-corrected chi connectivity index (χ4v) is 2.23. The van der Waals surface area contributed by atoms with E-state index in [1.165, 1.54) is 18.3 Å². The number of aromatic nitrogens is 1. The molecule has 7 nitrogen and oxygen atoms in total. The predicted molar refractivity (Wildman–Crippen MR) is 88.6 cm³/mol. The Kier molecular flexibility index (Phi) is 4.10. The first-order valence-corrected chi connectivity index (χ1v) is 7.26. The molecule has 0 unspecified atom stereocenters. The second-order valence-electron chi connectivity index (χ2n) is 5.50. The number of amides is 2. The molecule has 1 fully saturated rings. The molecule has 1 aromatic heterocycles. The van der Waals surface area contributed by atoms with Gasteiger partial charge in [0.1, 0.15) is 5.82 Å². The molecule has 8 heteroatoms. The number of carbonyl (C=O) groups excluding carboxylic acids is 2. The van der Waals surface area contributed by atoms with Crippen molar-refractivity contribution in [3.63, 3.8) is 0 Å². The van der Waals surface area contributed by atoms with Gasteiger partial charge in [-0.2, -0.15) is 0 Å². The Hall–Kier alpha value is -3.42. The molecule has 2 aromatic rings. The van der Waals surface area contributed by atoms with Crippen molar-refractivity contribution in [2.24, 2.45) is 0 Å². The number of benzene rings is 1. The van der Waals surface area contributed by atoms with Gasteiger partial charge in [0.15, 0.2) is 17.3 Å². The lowest BCUT2D eigenvalue weighted by Crippen LogP contribution is -2.28. The zero-order chi connectivity index (χ0) is 18.1. The standard InChI is InChI=1S/C17H14FN3O4/c1-20(2)15-6-4-11(9-19-15)21-16(23)14(25-17(21)24)8-10-3-5-13(22)12(18)7-10/h3-9,22H,1-2H3. The number of carbonyl (C=O) groups is 2. The Morgan fingerprint density at radius 1 is 1.24 bits per heavy atom. The molecule has 3 rings (SSSR count). The number of cyclic esters (lactones) is 1. The van der Waals surface area contributed by atoms with Crippen LogP contribution >= 0.6 is 0 Å². The average Bonchev–Trinajstić information content (AvgIpc) is 2.85. The van der Waals surface area contributed by atoms with Crippen molar-refractivity contribution in [1.29, 1.82) is 0 Å². The Morgan fingerprint density at radius 3 is 2.60 bits per heavy atom. The fraction of sp³-hybridized carbons (Fsp3) is 0.118. The third-order valence-electron chi connectivity index (χ3n) is 3.51. The average molecular weight is 343 g/mol. The molecule has 1 N–H and O–H groups in total. The summed E-state index contributed by atoms with van der Waals surface area (Å²) in [4.78, 5) is 31.2. The SMILES string of the molecule is CN(C)c1ccc(N2C(=O)OC(=Cc3ccc(O)c(F)c3)C2=O)cn1. The van der Waals surface area contributed by atoms with Crippen LogP contribution in [0, 0.1) is 5.82 Å². The minimum atomic E-state index is -0.866. The number of hydrogen-bond acceptors (Lipinski definition) is 6. The van der Waals surface area contributed by atoms with Gasteiger partial charge in [0.25, 0.3) is 0 Å². The zero-order valence-electron chi connectivity index (χ0n) is 13.4. The summed E-state index contributed by atoms with van der Waals surface area (Å²) in [7, 11) is 3.63. The van der Waals surface area contributed by atoms with E-state index in [1.807, 2.05) is 14.1 Å². The van der Waals surface area contributed by atoms with E-state index < -0.39 is 23.6 Å². The number of halogens is 1. The van der Waals surface area contributed by atoms with Gasteiger partial charge in [-0.1, -0.05) is 6.07 Å². The van der Waals surface area contributed by atoms with Gasteiger partial charge >= 0.3 is 12.0 Å². The molecule has 0 aliphatic carbocycles. The van der Waals surface area contributed by atoms with Crippen molar-refractivity contribution in [2.75, 3.05) is 23.9 Å². The van der Waals surface area contributed by atoms with Gasteiger partial charge in [-0.05, 0) is 35.9 Å². The van der Waals surface area contributed by atoms with Crippen LogP contribution in [-0.2, 0) is 9.53 Å². The van der Waals surface area contributed by atoms with Crippen LogP contribution in [0.4, 0.5) is 20.7 Å². The van der Waals surface area contributed by atoms with Gasteiger partial charge in [0.05, 0.1) is 11.9 Å². The number of phenols is 1. The van der Waals surface area contributed by atoms with Crippen molar-refractivity contribution in [2.45, 2.75) is 0 Å². The lowest BCUT2D eigenvalue weighted by Gasteiger charge is -2.13. The highest BCUT2D eigenvalue weighted by Gasteiger charge is 2.38. The van der Waals surface area contributed by atoms with Crippen LogP contribution in [0.25, 0.3) is 6.08 Å². The number of nitrogens with zero attached hydrogens (tertiary/aromatic N) is 3. The van der Waals surface area contributed by atoms with Gasteiger partial charge in [-0.15, -0.1) is 0 Å². The van der Waals surface area contributed by atoms with Crippen LogP contribution in [0.2, 0.25) is 0 Å². The fourth-order valence-electron chi connectivity index (χ4n) is 2.23. The van der Waals surface area contributed by atoms with Crippen molar-refractivity contribution >= 4 is 29.6 Å². The normalized spacial score (nSPS) is 15.6. The van der Waals surface area contributed by atoms with Crippen molar-refractivity contribution in [3.8, 4) is 5.75 Å². The molecule has 0 radical (unpaired) electrons. The highest BCUT2D eigenvalue weighted by atomic mass is 19.1. The van der Waals surface area contributed by atoms with Gasteiger partial charge < -0.3 is 14.7 Å². The number of anilines is 2. The lowest BCUT2D eigenvalue weighted by molar-refractivity contribution is -0.114. The predicted octanol–water partition coefficient (Wildman–Crippen LogP) is 2.52. The Bertz CT molecular complexity index is 878. The summed E-state index contributed by atoms with van der Waals surface area (Å²) < 4.78 is 18.3. The first-order valence-electron chi connectivity index (χ1n) is 7.26. The summed E-state index contributed by atoms with van der Waals surface area (Å²) >= 11 is 0. The van der Waals surface area contributed by atoms with E-state index in [9.17, 15) is 19.1 Å². The summed E-state index contributed by atoms with van der Waals surface area (Å²) in [6, 6.07) is 6.80. The van der Waals surface area contributed by atoms with Crippen LogP contribution in [-0.4, -0.2) is 36.2 Å². The Morgan fingerprint density at radius 2 is 2.00 bits per heavy atom. The molecule has 0 spiro atoms. The number of ether oxygens (including phenoxy) is 1. The van der Waals surface area contributed by atoms with Crippen molar-refractivity contribution in [3.05, 3.63) is 53.7 Å². The van der Waals surface area contributed by atoms with Crippen molar-refractivity contribution < 1.29 is 23.8 Å². The summed E-state index contributed by atoms with van der Waals surface area (Å²) in [5.74, 6) is -1.61. The lowest BCUT2D eigenvalue weighted by atomic mass is 10.2. The monoisotopic (exact) mass is 343 g/mol. The summed E-state index contributed by atoms with van der Waals surface area (Å²) in [5.41, 5.74) is 0.537. The number of phenolic OH excluding ortho intramolecular Hbond substituents is 1. The van der Waals surface area contributed by atoms with Gasteiger partial charge in [0.2, 0.25) is 0 Å². The zero-order valence-corrected chi connectivity index (χ0v) is 13.4. The summed E-state index contributed by atoms with van der Waals surface area (Å²) in [6.07, 6.45) is 1.75. The second-order valence-corrected chi connectivity index (χ2v) is 5.50. The molecule has 0 atom stereocenters. The number of rotatable bonds is 3. The Balaban J connectivity index is 1.89. The maximum Gasteiger partial charge on any atom is 0.427 e. The van der Waals surface area contributed by atoms with E-state index in [0.717, 1.165) is 17.0 Å². The van der Waals surface area contributed by atoms with Crippen LogP contribution < -0.4 is 9.80 Å². The molecule has 1 aliphatic heterocycles. The summed E-state index contributed by atoms with van der Waals surface area (Å²) in [6.45, 7) is 0. The number of imide groups is 1. The third kappa shape index (κ3) is 3.14.